The minimum atomic E-state index is -3.66. The summed E-state index contributed by atoms with van der Waals surface area (Å²) in [6.45, 7) is 0.241. The van der Waals surface area contributed by atoms with Crippen LogP contribution in [0.3, 0.4) is 0 Å². The molecular formula is C10H15FN2O3S. The number of sulfonamides is 1. The van der Waals surface area contributed by atoms with Crippen molar-refractivity contribution < 1.29 is 17.9 Å². The van der Waals surface area contributed by atoms with E-state index in [1.807, 2.05) is 0 Å². The Kier molecular flexibility index (Phi) is 4.86. The highest BCUT2D eigenvalue weighted by molar-refractivity contribution is 7.89. The van der Waals surface area contributed by atoms with Crippen molar-refractivity contribution in [3.8, 4) is 0 Å². The first-order chi connectivity index (χ1) is 7.97. The molecule has 7 heteroatoms. The molecule has 0 bridgehead atoms. The third-order valence-electron chi connectivity index (χ3n) is 2.15. The minimum absolute atomic E-state index is 0.0191. The van der Waals surface area contributed by atoms with Crippen LogP contribution in [-0.2, 0) is 10.0 Å². The Morgan fingerprint density at radius 2 is 2.06 bits per heavy atom. The second-order valence-electron chi connectivity index (χ2n) is 3.51. The molecule has 17 heavy (non-hydrogen) atoms. The quantitative estimate of drug-likeness (QED) is 0.513. The average molecular weight is 262 g/mol. The van der Waals surface area contributed by atoms with Gasteiger partial charge in [0.25, 0.3) is 0 Å². The van der Waals surface area contributed by atoms with Crippen molar-refractivity contribution in [2.75, 3.05) is 18.9 Å². The van der Waals surface area contributed by atoms with Crippen molar-refractivity contribution in [3.63, 3.8) is 0 Å². The third kappa shape index (κ3) is 3.95. The molecule has 0 fully saturated rings. The number of unbranched alkanes of at least 4 members (excludes halogenated alkanes) is 1. The van der Waals surface area contributed by atoms with E-state index in [1.165, 1.54) is 0 Å². The number of nitrogens with one attached hydrogen (secondary N) is 1. The monoisotopic (exact) mass is 262 g/mol. The van der Waals surface area contributed by atoms with Gasteiger partial charge in [0.2, 0.25) is 10.0 Å². The Hall–Kier alpha value is -1.18. The lowest BCUT2D eigenvalue weighted by Gasteiger charge is -2.07. The zero-order valence-electron chi connectivity index (χ0n) is 9.19. The van der Waals surface area contributed by atoms with Gasteiger partial charge in [-0.3, -0.25) is 0 Å². The number of rotatable bonds is 6. The molecule has 0 spiro atoms. The summed E-state index contributed by atoms with van der Waals surface area (Å²) in [4.78, 5) is -0.0691. The van der Waals surface area contributed by atoms with E-state index in [0.29, 0.717) is 12.8 Å². The van der Waals surface area contributed by atoms with Crippen LogP contribution in [0.2, 0.25) is 0 Å². The largest absolute Gasteiger partial charge is 0.396 e. The van der Waals surface area contributed by atoms with Gasteiger partial charge in [0.1, 0.15) is 5.82 Å². The number of aliphatic hydroxyl groups excluding tert-OH is 1. The maximum Gasteiger partial charge on any atom is 0.240 e. The minimum Gasteiger partial charge on any atom is -0.396 e. The molecule has 0 aromatic heterocycles. The van der Waals surface area contributed by atoms with E-state index in [2.05, 4.69) is 4.72 Å². The van der Waals surface area contributed by atoms with Gasteiger partial charge in [0.15, 0.2) is 0 Å². The molecule has 1 rings (SSSR count). The molecule has 5 nitrogen and oxygen atoms in total. The fourth-order valence-electron chi connectivity index (χ4n) is 1.22. The Bertz CT molecular complexity index is 476. The lowest BCUT2D eigenvalue weighted by molar-refractivity contribution is 0.285. The van der Waals surface area contributed by atoms with Crippen molar-refractivity contribution in [2.24, 2.45) is 0 Å². The summed E-state index contributed by atoms with van der Waals surface area (Å²) in [5, 5.41) is 8.54. The van der Waals surface area contributed by atoms with Gasteiger partial charge in [-0.1, -0.05) is 0 Å². The number of nitrogens with two attached hydrogens (primary N) is 1. The summed E-state index contributed by atoms with van der Waals surface area (Å²) in [6.07, 6.45) is 1.06. The molecule has 1 aromatic rings. The lowest BCUT2D eigenvalue weighted by Crippen LogP contribution is -2.25. The summed E-state index contributed by atoms with van der Waals surface area (Å²) in [6, 6.07) is 3.24. The molecule has 4 N–H and O–H groups in total. The smallest absolute Gasteiger partial charge is 0.240 e. The molecule has 0 amide bonds. The first-order valence-electron chi connectivity index (χ1n) is 5.13. The van der Waals surface area contributed by atoms with Crippen LogP contribution in [0.4, 0.5) is 10.1 Å². The van der Waals surface area contributed by atoms with Crippen molar-refractivity contribution >= 4 is 15.7 Å². The van der Waals surface area contributed by atoms with E-state index >= 15 is 0 Å². The van der Waals surface area contributed by atoms with Crippen LogP contribution >= 0.6 is 0 Å². The summed E-state index contributed by atoms with van der Waals surface area (Å²) < 4.78 is 38.6. The number of benzene rings is 1. The number of hydrogen-bond donors (Lipinski definition) is 3. The van der Waals surface area contributed by atoms with Gasteiger partial charge in [0, 0.05) is 13.2 Å². The van der Waals surface area contributed by atoms with Gasteiger partial charge in [-0.05, 0) is 31.0 Å². The third-order valence-corrected chi connectivity index (χ3v) is 3.61. The van der Waals surface area contributed by atoms with E-state index in [9.17, 15) is 12.8 Å². The van der Waals surface area contributed by atoms with Crippen LogP contribution in [0.1, 0.15) is 12.8 Å². The second kappa shape index (κ2) is 5.95. The van der Waals surface area contributed by atoms with Crippen molar-refractivity contribution in [3.05, 3.63) is 24.0 Å². The molecule has 0 radical (unpaired) electrons. The molecule has 96 valence electrons. The highest BCUT2D eigenvalue weighted by atomic mass is 32.2. The van der Waals surface area contributed by atoms with Crippen LogP contribution in [-0.4, -0.2) is 26.7 Å². The number of aliphatic hydroxyl groups is 1. The predicted octanol–water partition coefficient (Wildman–Crippen LogP) is 0.459. The van der Waals surface area contributed by atoms with Gasteiger partial charge in [0.05, 0.1) is 10.6 Å². The Morgan fingerprint density at radius 3 is 2.65 bits per heavy atom. The molecular weight excluding hydrogens is 247 g/mol. The first-order valence-corrected chi connectivity index (χ1v) is 6.61. The molecule has 0 aliphatic rings. The molecule has 0 unspecified atom stereocenters. The predicted molar refractivity (Wildman–Crippen MR) is 62.3 cm³/mol. The first kappa shape index (κ1) is 13.9. The summed E-state index contributed by atoms with van der Waals surface area (Å²) in [7, 11) is -3.66. The lowest BCUT2D eigenvalue weighted by atomic mass is 10.3. The molecule has 0 atom stereocenters. The number of halogens is 1. The fraction of sp³-hybridized carbons (Fsp3) is 0.400. The van der Waals surface area contributed by atoms with Gasteiger partial charge in [-0.25, -0.2) is 17.5 Å². The van der Waals surface area contributed by atoms with Gasteiger partial charge < -0.3 is 10.8 Å². The van der Waals surface area contributed by atoms with Gasteiger partial charge >= 0.3 is 0 Å². The molecule has 1 aromatic carbocycles. The standard InChI is InChI=1S/C10H15FN2O3S/c11-9-4-3-8(7-10(9)12)17(15,16)13-5-1-2-6-14/h3-4,7,13-14H,1-2,5-6,12H2. The van der Waals surface area contributed by atoms with Crippen molar-refractivity contribution in [1.82, 2.24) is 4.72 Å². The fourth-order valence-corrected chi connectivity index (χ4v) is 2.32. The Balaban J connectivity index is 2.72. The zero-order chi connectivity index (χ0) is 12.9. The highest BCUT2D eigenvalue weighted by Crippen LogP contribution is 2.16. The number of anilines is 1. The van der Waals surface area contributed by atoms with Crippen molar-refractivity contribution in [2.45, 2.75) is 17.7 Å². The van der Waals surface area contributed by atoms with E-state index in [4.69, 9.17) is 10.8 Å². The topological polar surface area (TPSA) is 92.4 Å². The molecule has 0 aliphatic heterocycles. The van der Waals surface area contributed by atoms with E-state index in [0.717, 1.165) is 18.2 Å². The SMILES string of the molecule is Nc1cc(S(=O)(=O)NCCCCO)ccc1F. The molecule has 0 heterocycles. The molecule has 0 aliphatic carbocycles. The highest BCUT2D eigenvalue weighted by Gasteiger charge is 2.14. The van der Waals surface area contributed by atoms with Crippen LogP contribution in [0.25, 0.3) is 0 Å². The van der Waals surface area contributed by atoms with Gasteiger partial charge in [-0.2, -0.15) is 0 Å². The maximum absolute atomic E-state index is 12.9. The number of nitrogen functional groups attached to an aromatic ring is 1. The van der Waals surface area contributed by atoms with E-state index < -0.39 is 15.8 Å². The summed E-state index contributed by atoms with van der Waals surface area (Å²) in [5.41, 5.74) is 5.09. The maximum atomic E-state index is 12.9. The van der Waals surface area contributed by atoms with Crippen LogP contribution in [0, 0.1) is 5.82 Å². The van der Waals surface area contributed by atoms with E-state index in [-0.39, 0.29) is 23.7 Å². The normalized spacial score (nSPS) is 11.6. The van der Waals surface area contributed by atoms with Crippen molar-refractivity contribution in [1.29, 1.82) is 0 Å². The Labute approximate surface area is 99.5 Å². The zero-order valence-corrected chi connectivity index (χ0v) is 10.0. The molecule has 0 saturated carbocycles. The van der Waals surface area contributed by atoms with Crippen LogP contribution in [0.15, 0.2) is 23.1 Å². The average Bonchev–Trinajstić information content (AvgIpc) is 2.28. The van der Waals surface area contributed by atoms with Gasteiger partial charge in [-0.15, -0.1) is 0 Å². The molecule has 0 saturated heterocycles. The van der Waals surface area contributed by atoms with Crippen LogP contribution in [0.5, 0.6) is 0 Å². The summed E-state index contributed by atoms with van der Waals surface area (Å²) >= 11 is 0. The van der Waals surface area contributed by atoms with E-state index in [1.54, 1.807) is 0 Å². The second-order valence-corrected chi connectivity index (χ2v) is 5.28. The number of hydrogen-bond acceptors (Lipinski definition) is 4. The Morgan fingerprint density at radius 1 is 1.35 bits per heavy atom. The van der Waals surface area contributed by atoms with Crippen LogP contribution < -0.4 is 10.5 Å². The summed E-state index contributed by atoms with van der Waals surface area (Å²) in [5.74, 6) is -0.649.